The monoisotopic (exact) mass is 392 g/mol. The topological polar surface area (TPSA) is 59.1 Å². The van der Waals surface area contributed by atoms with Crippen molar-refractivity contribution in [2.45, 2.75) is 13.8 Å². The molecule has 0 aromatic rings. The van der Waals surface area contributed by atoms with E-state index in [2.05, 4.69) is 0 Å². The van der Waals surface area contributed by atoms with Gasteiger partial charge in [-0.15, -0.1) is 0 Å². The Bertz CT molecular complexity index is 473. The molecule has 0 aliphatic carbocycles. The molecular weight excluding hydrogens is 368 g/mol. The van der Waals surface area contributed by atoms with Crippen LogP contribution in [0.4, 0.5) is 0 Å². The summed E-state index contributed by atoms with van der Waals surface area (Å²) in [7, 11) is 7.19. The highest BCUT2D eigenvalue weighted by molar-refractivity contribution is 8.50. The van der Waals surface area contributed by atoms with Gasteiger partial charge in [-0.05, 0) is 13.8 Å². The third-order valence-electron chi connectivity index (χ3n) is 2.09. The van der Waals surface area contributed by atoms with E-state index in [9.17, 15) is 9.59 Å². The van der Waals surface area contributed by atoms with E-state index in [1.54, 1.807) is 64.2 Å². The molecule has 0 bridgehead atoms. The van der Waals surface area contributed by atoms with Gasteiger partial charge in [0.05, 0.1) is 13.2 Å². The van der Waals surface area contributed by atoms with Crippen molar-refractivity contribution >= 4 is 51.2 Å². The number of ether oxygens (including phenoxy) is 2. The fourth-order valence-corrected chi connectivity index (χ4v) is 3.73. The highest BCUT2D eigenvalue weighted by Gasteiger charge is 2.19. The van der Waals surface area contributed by atoms with Crippen molar-refractivity contribution in [2.75, 3.05) is 41.4 Å². The molecule has 0 spiro atoms. The number of thioether (sulfide) groups is 2. The summed E-state index contributed by atoms with van der Waals surface area (Å²) in [5.41, 5.74) is 0. The molecule has 24 heavy (non-hydrogen) atoms. The molecule has 0 aromatic carbocycles. The lowest BCUT2D eigenvalue weighted by molar-refractivity contribution is -0.138. The largest absolute Gasteiger partial charge is 0.462 e. The van der Waals surface area contributed by atoms with Gasteiger partial charge in [0.1, 0.15) is 13.3 Å². The molecule has 0 unspecified atom stereocenters. The molecule has 0 saturated heterocycles. The third-order valence-corrected chi connectivity index (χ3v) is 4.41. The lowest BCUT2D eigenvalue weighted by Gasteiger charge is -2.13. The van der Waals surface area contributed by atoms with Gasteiger partial charge in [0.15, 0.2) is 0 Å². The summed E-state index contributed by atoms with van der Waals surface area (Å²) in [5.74, 6) is -0.901. The Morgan fingerprint density at radius 3 is 1.46 bits per heavy atom. The average molecular weight is 393 g/mol. The SMILES string of the molecule is CCOC(=O)/C(=C/N(C)C)SC(=S)S/C(=C\N(C)C)C(=O)OCC. The van der Waals surface area contributed by atoms with Crippen LogP contribution in [0.1, 0.15) is 13.8 Å². The number of esters is 2. The van der Waals surface area contributed by atoms with Gasteiger partial charge in [-0.2, -0.15) is 0 Å². The van der Waals surface area contributed by atoms with Gasteiger partial charge < -0.3 is 19.3 Å². The minimum Gasteiger partial charge on any atom is -0.462 e. The Balaban J connectivity index is 5.15. The van der Waals surface area contributed by atoms with Crippen LogP contribution in [0, 0.1) is 0 Å². The Labute approximate surface area is 157 Å². The van der Waals surface area contributed by atoms with Crippen molar-refractivity contribution in [3.63, 3.8) is 0 Å². The fraction of sp³-hybridized carbons (Fsp3) is 0.533. The molecule has 0 N–H and O–H groups in total. The van der Waals surface area contributed by atoms with Gasteiger partial charge >= 0.3 is 11.9 Å². The molecule has 0 radical (unpaired) electrons. The van der Waals surface area contributed by atoms with E-state index in [1.165, 1.54) is 0 Å². The van der Waals surface area contributed by atoms with E-state index in [1.807, 2.05) is 0 Å². The van der Waals surface area contributed by atoms with Crippen LogP contribution in [-0.4, -0.2) is 66.7 Å². The number of rotatable bonds is 8. The van der Waals surface area contributed by atoms with Crippen LogP contribution in [0.15, 0.2) is 22.2 Å². The molecule has 0 fully saturated rings. The maximum atomic E-state index is 12.0. The molecule has 0 saturated carbocycles. The number of carbonyl (C=O) groups excluding carboxylic acids is 2. The summed E-state index contributed by atoms with van der Waals surface area (Å²) in [6.07, 6.45) is 3.27. The Kier molecular flexibility index (Phi) is 11.6. The van der Waals surface area contributed by atoms with Crippen LogP contribution in [0.2, 0.25) is 0 Å². The third kappa shape index (κ3) is 9.84. The number of hydrogen-bond donors (Lipinski definition) is 0. The molecule has 0 amide bonds. The van der Waals surface area contributed by atoms with E-state index in [-0.39, 0.29) is 13.2 Å². The van der Waals surface area contributed by atoms with Crippen LogP contribution >= 0.6 is 35.7 Å². The van der Waals surface area contributed by atoms with Crippen molar-refractivity contribution in [3.05, 3.63) is 22.2 Å². The lowest BCUT2D eigenvalue weighted by Crippen LogP contribution is -2.13. The van der Waals surface area contributed by atoms with Crippen molar-refractivity contribution in [1.29, 1.82) is 0 Å². The predicted octanol–water partition coefficient (Wildman–Crippen LogP) is 2.67. The molecule has 136 valence electrons. The first-order chi connectivity index (χ1) is 11.2. The zero-order valence-corrected chi connectivity index (χ0v) is 17.3. The van der Waals surface area contributed by atoms with E-state index in [0.717, 1.165) is 23.5 Å². The van der Waals surface area contributed by atoms with Crippen molar-refractivity contribution < 1.29 is 19.1 Å². The van der Waals surface area contributed by atoms with Crippen LogP contribution in [0.5, 0.6) is 0 Å². The summed E-state index contributed by atoms with van der Waals surface area (Å²) in [6, 6.07) is 0. The maximum Gasteiger partial charge on any atom is 0.346 e. The first kappa shape index (κ1) is 22.8. The minimum absolute atomic E-state index is 0.276. The molecule has 6 nitrogen and oxygen atoms in total. The second kappa shape index (κ2) is 12.2. The lowest BCUT2D eigenvalue weighted by atomic mass is 10.6. The zero-order chi connectivity index (χ0) is 18.7. The highest BCUT2D eigenvalue weighted by atomic mass is 32.2. The molecule has 0 heterocycles. The van der Waals surface area contributed by atoms with E-state index >= 15 is 0 Å². The van der Waals surface area contributed by atoms with Gasteiger partial charge in [0.25, 0.3) is 0 Å². The van der Waals surface area contributed by atoms with Crippen LogP contribution < -0.4 is 0 Å². The molecule has 0 aromatic heterocycles. The smallest absolute Gasteiger partial charge is 0.346 e. The summed E-state index contributed by atoms with van der Waals surface area (Å²) in [4.78, 5) is 28.2. The normalized spacial score (nSPS) is 11.8. The number of thiocarbonyl (C=S) groups is 1. The maximum absolute atomic E-state index is 12.0. The Morgan fingerprint density at radius 2 is 1.21 bits per heavy atom. The van der Waals surface area contributed by atoms with Crippen molar-refractivity contribution in [2.24, 2.45) is 0 Å². The van der Waals surface area contributed by atoms with Crippen LogP contribution in [0.3, 0.4) is 0 Å². The van der Waals surface area contributed by atoms with Gasteiger partial charge in [-0.3, -0.25) is 0 Å². The van der Waals surface area contributed by atoms with E-state index in [4.69, 9.17) is 21.7 Å². The van der Waals surface area contributed by atoms with Gasteiger partial charge in [-0.25, -0.2) is 9.59 Å². The fourth-order valence-electron chi connectivity index (χ4n) is 1.32. The zero-order valence-electron chi connectivity index (χ0n) is 14.8. The quantitative estimate of drug-likeness (QED) is 0.352. The summed E-state index contributed by atoms with van der Waals surface area (Å²) in [5, 5.41) is 0. The summed E-state index contributed by atoms with van der Waals surface area (Å²) in [6.45, 7) is 4.03. The Morgan fingerprint density at radius 1 is 0.875 bits per heavy atom. The predicted molar refractivity (Wildman–Crippen MR) is 105 cm³/mol. The van der Waals surface area contributed by atoms with Crippen molar-refractivity contribution in [3.8, 4) is 0 Å². The highest BCUT2D eigenvalue weighted by Crippen LogP contribution is 2.31. The second-order valence-electron chi connectivity index (χ2n) is 4.81. The summed E-state index contributed by atoms with van der Waals surface area (Å²) < 4.78 is 10.4. The first-order valence-corrected chi connectivity index (χ1v) is 9.25. The van der Waals surface area contributed by atoms with E-state index in [0.29, 0.717) is 13.3 Å². The Hall–Kier alpha value is -1.19. The van der Waals surface area contributed by atoms with E-state index < -0.39 is 11.9 Å². The first-order valence-electron chi connectivity index (χ1n) is 7.21. The molecular formula is C15H24N2O4S3. The number of nitrogens with zero attached hydrogens (tertiary/aromatic N) is 2. The molecule has 0 atom stereocenters. The van der Waals surface area contributed by atoms with Gasteiger partial charge in [-0.1, -0.05) is 35.7 Å². The van der Waals surface area contributed by atoms with Gasteiger partial charge in [0.2, 0.25) is 0 Å². The van der Waals surface area contributed by atoms with Crippen molar-refractivity contribution in [1.82, 2.24) is 9.80 Å². The molecule has 0 aliphatic heterocycles. The van der Waals surface area contributed by atoms with Crippen LogP contribution in [-0.2, 0) is 19.1 Å². The molecule has 9 heteroatoms. The number of carbonyl (C=O) groups is 2. The molecule has 0 rings (SSSR count). The minimum atomic E-state index is -0.451. The second-order valence-corrected chi connectivity index (χ2v) is 8.10. The summed E-state index contributed by atoms with van der Waals surface area (Å²) >= 11 is 7.48. The number of hydrogen-bond acceptors (Lipinski definition) is 9. The molecule has 0 aliphatic rings. The van der Waals surface area contributed by atoms with Crippen LogP contribution in [0.25, 0.3) is 0 Å². The average Bonchev–Trinajstić information content (AvgIpc) is 2.45. The standard InChI is InChI=1S/C15H24N2O4S3/c1-7-20-13(18)11(9-16(3)4)23-15(22)24-12(10-17(5)6)14(19)21-8-2/h9-10H,7-8H2,1-6H3/b11-9-,12-10-. The van der Waals surface area contributed by atoms with Gasteiger partial charge in [0, 0.05) is 40.6 Å².